The van der Waals surface area contributed by atoms with Crippen LogP contribution >= 0.6 is 11.6 Å². The van der Waals surface area contributed by atoms with E-state index in [4.69, 9.17) is 17.3 Å². The first kappa shape index (κ1) is 10.0. The number of hydrogen-bond acceptors (Lipinski definition) is 1. The number of rotatable bonds is 3. The van der Waals surface area contributed by atoms with E-state index in [1.54, 1.807) is 0 Å². The first-order chi connectivity index (χ1) is 6.72. The van der Waals surface area contributed by atoms with E-state index in [9.17, 15) is 0 Å². The van der Waals surface area contributed by atoms with Gasteiger partial charge in [0.05, 0.1) is 0 Å². The molecule has 1 saturated carbocycles. The molecule has 0 heterocycles. The Hall–Kier alpha value is -0.530. The van der Waals surface area contributed by atoms with Gasteiger partial charge in [0, 0.05) is 5.02 Å². The second-order valence-corrected chi connectivity index (χ2v) is 4.62. The van der Waals surface area contributed by atoms with Crippen molar-refractivity contribution in [1.82, 2.24) is 0 Å². The summed E-state index contributed by atoms with van der Waals surface area (Å²) in [6.45, 7) is 2.87. The summed E-state index contributed by atoms with van der Waals surface area (Å²) in [5.74, 6) is 1.37. The minimum Gasteiger partial charge on any atom is -0.330 e. The molecule has 1 nitrogen and oxygen atoms in total. The van der Waals surface area contributed by atoms with E-state index in [0.29, 0.717) is 5.92 Å². The molecule has 1 unspecified atom stereocenters. The summed E-state index contributed by atoms with van der Waals surface area (Å²) in [5.41, 5.74) is 8.49. The maximum Gasteiger partial charge on any atom is 0.0408 e. The molecule has 0 amide bonds. The molecule has 76 valence electrons. The second-order valence-electron chi connectivity index (χ2n) is 4.18. The molecule has 0 aromatic heterocycles. The molecule has 2 heteroatoms. The summed E-state index contributed by atoms with van der Waals surface area (Å²) in [6.07, 6.45) is 2.67. The van der Waals surface area contributed by atoms with Crippen molar-refractivity contribution in [1.29, 1.82) is 0 Å². The molecule has 0 aliphatic heterocycles. The van der Waals surface area contributed by atoms with Crippen LogP contribution in [0.3, 0.4) is 0 Å². The highest BCUT2D eigenvalue weighted by atomic mass is 35.5. The summed E-state index contributed by atoms with van der Waals surface area (Å²) >= 11 is 5.93. The molecular weight excluding hydrogens is 194 g/mol. The van der Waals surface area contributed by atoms with Gasteiger partial charge < -0.3 is 5.73 Å². The molecule has 1 aliphatic rings. The van der Waals surface area contributed by atoms with Gasteiger partial charge in [-0.2, -0.15) is 0 Å². The highest BCUT2D eigenvalue weighted by Gasteiger charge is 2.31. The van der Waals surface area contributed by atoms with Crippen molar-refractivity contribution < 1.29 is 0 Å². The number of hydrogen-bond donors (Lipinski definition) is 1. The van der Waals surface area contributed by atoms with E-state index in [2.05, 4.69) is 13.0 Å². The molecule has 14 heavy (non-hydrogen) atoms. The van der Waals surface area contributed by atoms with Gasteiger partial charge in [0.15, 0.2) is 0 Å². The highest BCUT2D eigenvalue weighted by molar-refractivity contribution is 6.30. The Balaban J connectivity index is 2.29. The number of benzene rings is 1. The molecular formula is C12H16ClN. The minimum absolute atomic E-state index is 0.548. The highest BCUT2D eigenvalue weighted by Crippen LogP contribution is 2.43. The molecule has 1 aliphatic carbocycles. The normalized spacial score (nSPS) is 18.2. The fourth-order valence-electron chi connectivity index (χ4n) is 2.13. The SMILES string of the molecule is Cc1cc(Cl)ccc1C(CN)C1CC1. The van der Waals surface area contributed by atoms with Crippen LogP contribution in [-0.4, -0.2) is 6.54 Å². The van der Waals surface area contributed by atoms with Crippen molar-refractivity contribution in [2.45, 2.75) is 25.7 Å². The Morgan fingerprint density at radius 1 is 1.50 bits per heavy atom. The standard InChI is InChI=1S/C12H16ClN/c1-8-6-10(13)4-5-11(8)12(7-14)9-2-3-9/h4-6,9,12H,2-3,7,14H2,1H3. The molecule has 2 rings (SSSR count). The lowest BCUT2D eigenvalue weighted by atomic mass is 9.91. The maximum atomic E-state index is 5.93. The van der Waals surface area contributed by atoms with E-state index in [0.717, 1.165) is 17.5 Å². The van der Waals surface area contributed by atoms with Crippen LogP contribution in [0.4, 0.5) is 0 Å². The lowest BCUT2D eigenvalue weighted by Gasteiger charge is -2.16. The fourth-order valence-corrected chi connectivity index (χ4v) is 2.35. The van der Waals surface area contributed by atoms with Crippen molar-refractivity contribution in [3.05, 3.63) is 34.3 Å². The van der Waals surface area contributed by atoms with Crippen molar-refractivity contribution in [3.8, 4) is 0 Å². The van der Waals surface area contributed by atoms with Crippen LogP contribution in [-0.2, 0) is 0 Å². The Morgan fingerprint density at radius 2 is 2.21 bits per heavy atom. The predicted molar refractivity (Wildman–Crippen MR) is 60.7 cm³/mol. The van der Waals surface area contributed by atoms with Crippen molar-refractivity contribution in [2.75, 3.05) is 6.54 Å². The monoisotopic (exact) mass is 209 g/mol. The van der Waals surface area contributed by atoms with Crippen molar-refractivity contribution in [3.63, 3.8) is 0 Å². The van der Waals surface area contributed by atoms with Gasteiger partial charge in [-0.1, -0.05) is 17.7 Å². The predicted octanol–water partition coefficient (Wildman–Crippen LogP) is 3.10. The van der Waals surface area contributed by atoms with Crippen LogP contribution in [0.25, 0.3) is 0 Å². The third-order valence-electron chi connectivity index (χ3n) is 3.08. The van der Waals surface area contributed by atoms with Gasteiger partial charge in [-0.3, -0.25) is 0 Å². The van der Waals surface area contributed by atoms with Gasteiger partial charge in [0.2, 0.25) is 0 Å². The van der Waals surface area contributed by atoms with E-state index in [-0.39, 0.29) is 0 Å². The molecule has 2 N–H and O–H groups in total. The molecule has 1 atom stereocenters. The van der Waals surface area contributed by atoms with E-state index in [1.807, 2.05) is 12.1 Å². The van der Waals surface area contributed by atoms with Crippen LogP contribution in [0, 0.1) is 12.8 Å². The Morgan fingerprint density at radius 3 is 2.71 bits per heavy atom. The molecule has 0 radical (unpaired) electrons. The summed E-state index contributed by atoms with van der Waals surface area (Å²) < 4.78 is 0. The van der Waals surface area contributed by atoms with Crippen LogP contribution in [0.5, 0.6) is 0 Å². The number of nitrogens with two attached hydrogens (primary N) is 1. The Kier molecular flexibility index (Phi) is 2.80. The summed E-state index contributed by atoms with van der Waals surface area (Å²) in [6, 6.07) is 6.13. The second kappa shape index (κ2) is 3.92. The Labute approximate surface area is 90.3 Å². The fraction of sp³-hybridized carbons (Fsp3) is 0.500. The zero-order chi connectivity index (χ0) is 10.1. The Bertz CT molecular complexity index is 331. The quantitative estimate of drug-likeness (QED) is 0.814. The van der Waals surface area contributed by atoms with Crippen LogP contribution in [0.15, 0.2) is 18.2 Å². The van der Waals surface area contributed by atoms with E-state index < -0.39 is 0 Å². The molecule has 1 aromatic rings. The summed E-state index contributed by atoms with van der Waals surface area (Å²) in [5, 5.41) is 0.817. The average Bonchev–Trinajstić information content (AvgIpc) is 2.93. The van der Waals surface area contributed by atoms with Crippen LogP contribution < -0.4 is 5.73 Å². The van der Waals surface area contributed by atoms with Crippen LogP contribution in [0.1, 0.15) is 29.9 Å². The van der Waals surface area contributed by atoms with Gasteiger partial charge in [0.1, 0.15) is 0 Å². The minimum atomic E-state index is 0.548. The first-order valence-electron chi connectivity index (χ1n) is 5.18. The summed E-state index contributed by atoms with van der Waals surface area (Å²) in [7, 11) is 0. The van der Waals surface area contributed by atoms with E-state index >= 15 is 0 Å². The summed E-state index contributed by atoms with van der Waals surface area (Å²) in [4.78, 5) is 0. The average molecular weight is 210 g/mol. The van der Waals surface area contributed by atoms with Gasteiger partial charge in [-0.25, -0.2) is 0 Å². The first-order valence-corrected chi connectivity index (χ1v) is 5.56. The lowest BCUT2D eigenvalue weighted by molar-refractivity contribution is 0.612. The third-order valence-corrected chi connectivity index (χ3v) is 3.31. The van der Waals surface area contributed by atoms with Gasteiger partial charge >= 0.3 is 0 Å². The van der Waals surface area contributed by atoms with Crippen molar-refractivity contribution >= 4 is 11.6 Å². The zero-order valence-electron chi connectivity index (χ0n) is 8.46. The third kappa shape index (κ3) is 1.94. The van der Waals surface area contributed by atoms with Crippen molar-refractivity contribution in [2.24, 2.45) is 11.7 Å². The molecule has 0 bridgehead atoms. The zero-order valence-corrected chi connectivity index (χ0v) is 9.22. The van der Waals surface area contributed by atoms with Gasteiger partial charge in [-0.05, 0) is 61.4 Å². The smallest absolute Gasteiger partial charge is 0.0408 e. The molecule has 0 spiro atoms. The molecule has 0 saturated heterocycles. The van der Waals surface area contributed by atoms with Crippen LogP contribution in [0.2, 0.25) is 5.02 Å². The molecule has 1 fully saturated rings. The largest absolute Gasteiger partial charge is 0.330 e. The number of halogens is 1. The van der Waals surface area contributed by atoms with Gasteiger partial charge in [0.25, 0.3) is 0 Å². The lowest BCUT2D eigenvalue weighted by Crippen LogP contribution is -2.15. The van der Waals surface area contributed by atoms with Gasteiger partial charge in [-0.15, -0.1) is 0 Å². The molecule has 1 aromatic carbocycles. The van der Waals surface area contributed by atoms with E-state index in [1.165, 1.54) is 24.0 Å². The maximum absolute atomic E-state index is 5.93. The topological polar surface area (TPSA) is 26.0 Å². The number of aryl methyl sites for hydroxylation is 1.